The Hall–Kier alpha value is -1.14. The van der Waals surface area contributed by atoms with Gasteiger partial charge in [0.1, 0.15) is 41.5 Å². The van der Waals surface area contributed by atoms with Crippen LogP contribution >= 0.6 is 0 Å². The maximum atomic E-state index is 11.7. The van der Waals surface area contributed by atoms with E-state index in [0.717, 1.165) is 6.08 Å². The third-order valence-corrected chi connectivity index (χ3v) is 3.16. The lowest BCUT2D eigenvalue weighted by atomic mass is 9.99. The second-order valence-corrected chi connectivity index (χ2v) is 5.11. The van der Waals surface area contributed by atoms with E-state index in [9.17, 15) is 24.9 Å². The number of hydrogen-bond acceptors (Lipinski definition) is 9. The number of rotatable bonds is 10. The first-order chi connectivity index (χ1) is 10.3. The zero-order chi connectivity index (χ0) is 17.3. The van der Waals surface area contributed by atoms with Gasteiger partial charge >= 0.3 is 5.97 Å². The summed E-state index contributed by atoms with van der Waals surface area (Å²) >= 11 is 0. The molecule has 9 nitrogen and oxygen atoms in total. The molecule has 0 spiro atoms. The fourth-order valence-corrected chi connectivity index (χ4v) is 1.55. The van der Waals surface area contributed by atoms with Crippen molar-refractivity contribution in [2.75, 3.05) is 19.8 Å². The SMILES string of the molecule is CC(=CC(=O)[C@H](O)[C@@H](O)[C@H](O)[C@H](O)CO)C(=O)OCCO[SiH3]. The standard InChI is InChI=1S/C12H22O9Si/c1-6(12(19)20-2-3-21-22)4-7(14)9(16)11(18)10(17)8(15)5-13/h4,8-11,13,15-18H,2-3,5H2,1,22H3/t8-,9+,10-,11-/m1/s1. The first-order valence-electron chi connectivity index (χ1n) is 6.47. The Labute approximate surface area is 130 Å². The molecule has 22 heavy (non-hydrogen) atoms. The van der Waals surface area contributed by atoms with Gasteiger partial charge < -0.3 is 34.7 Å². The Morgan fingerprint density at radius 1 is 1.14 bits per heavy atom. The Kier molecular flexibility index (Phi) is 10.0. The minimum absolute atomic E-state index is 0.0221. The van der Waals surface area contributed by atoms with E-state index < -0.39 is 42.8 Å². The molecule has 0 saturated carbocycles. The lowest BCUT2D eigenvalue weighted by molar-refractivity contribution is -0.144. The Morgan fingerprint density at radius 2 is 1.73 bits per heavy atom. The molecule has 4 atom stereocenters. The lowest BCUT2D eigenvalue weighted by Crippen LogP contribution is -2.48. The quantitative estimate of drug-likeness (QED) is 0.115. The van der Waals surface area contributed by atoms with Gasteiger partial charge in [-0.3, -0.25) is 4.79 Å². The van der Waals surface area contributed by atoms with Crippen molar-refractivity contribution >= 4 is 22.2 Å². The van der Waals surface area contributed by atoms with Gasteiger partial charge in [0.15, 0.2) is 5.78 Å². The van der Waals surface area contributed by atoms with Crippen molar-refractivity contribution in [2.24, 2.45) is 0 Å². The summed E-state index contributed by atoms with van der Waals surface area (Å²) in [6.45, 7) is 0.683. The van der Waals surface area contributed by atoms with Crippen molar-refractivity contribution in [3.05, 3.63) is 11.6 Å². The van der Waals surface area contributed by atoms with E-state index in [1.54, 1.807) is 0 Å². The van der Waals surface area contributed by atoms with Crippen LogP contribution in [-0.2, 0) is 18.8 Å². The summed E-state index contributed by atoms with van der Waals surface area (Å²) in [4.78, 5) is 23.2. The second-order valence-electron chi connectivity index (χ2n) is 4.53. The highest BCUT2D eigenvalue weighted by molar-refractivity contribution is 6.01. The Balaban J connectivity index is 4.67. The molecule has 5 N–H and O–H groups in total. The molecule has 0 rings (SSSR count). The van der Waals surface area contributed by atoms with Crippen LogP contribution in [0.1, 0.15) is 6.92 Å². The van der Waals surface area contributed by atoms with Crippen LogP contribution in [0, 0.1) is 0 Å². The Bertz CT molecular complexity index is 398. The van der Waals surface area contributed by atoms with Gasteiger partial charge in [-0.2, -0.15) is 0 Å². The van der Waals surface area contributed by atoms with Gasteiger partial charge in [0.2, 0.25) is 0 Å². The van der Waals surface area contributed by atoms with E-state index in [1.165, 1.54) is 6.92 Å². The third kappa shape index (κ3) is 6.75. The van der Waals surface area contributed by atoms with Gasteiger partial charge in [-0.25, -0.2) is 4.79 Å². The first kappa shape index (κ1) is 20.9. The van der Waals surface area contributed by atoms with Crippen LogP contribution in [0.25, 0.3) is 0 Å². The molecule has 0 aliphatic heterocycles. The van der Waals surface area contributed by atoms with Gasteiger partial charge in [-0.15, -0.1) is 0 Å². The molecule has 0 heterocycles. The highest BCUT2D eigenvalue weighted by atomic mass is 28.2. The van der Waals surface area contributed by atoms with Crippen LogP contribution in [0.3, 0.4) is 0 Å². The van der Waals surface area contributed by atoms with Crippen molar-refractivity contribution in [1.29, 1.82) is 0 Å². The molecule has 0 bridgehead atoms. The van der Waals surface area contributed by atoms with Crippen molar-refractivity contribution in [3.63, 3.8) is 0 Å². The van der Waals surface area contributed by atoms with Gasteiger partial charge in [0, 0.05) is 5.57 Å². The average Bonchev–Trinajstić information content (AvgIpc) is 2.51. The van der Waals surface area contributed by atoms with E-state index in [-0.39, 0.29) is 18.8 Å². The van der Waals surface area contributed by atoms with Crippen LogP contribution in [0.2, 0.25) is 0 Å². The van der Waals surface area contributed by atoms with Gasteiger partial charge in [0.25, 0.3) is 0 Å². The normalized spacial score (nSPS) is 17.6. The van der Waals surface area contributed by atoms with Crippen LogP contribution in [0.5, 0.6) is 0 Å². The maximum Gasteiger partial charge on any atom is 0.333 e. The summed E-state index contributed by atoms with van der Waals surface area (Å²) in [5, 5.41) is 46.3. The van der Waals surface area contributed by atoms with Gasteiger partial charge in [-0.05, 0) is 13.0 Å². The summed E-state index contributed by atoms with van der Waals surface area (Å²) in [5.41, 5.74) is -0.109. The maximum absolute atomic E-state index is 11.7. The van der Waals surface area contributed by atoms with Gasteiger partial charge in [0.05, 0.1) is 13.2 Å². The summed E-state index contributed by atoms with van der Waals surface area (Å²) in [7, 11) is 0.502. The number of aliphatic hydroxyl groups is 5. The van der Waals surface area contributed by atoms with E-state index in [2.05, 4.69) is 0 Å². The number of hydrogen-bond donors (Lipinski definition) is 5. The molecule has 0 aromatic heterocycles. The van der Waals surface area contributed by atoms with Crippen LogP contribution in [-0.4, -0.2) is 92.0 Å². The number of ketones is 1. The zero-order valence-electron chi connectivity index (χ0n) is 12.4. The molecule has 0 aliphatic carbocycles. The fraction of sp³-hybridized carbons (Fsp3) is 0.667. The van der Waals surface area contributed by atoms with Crippen molar-refractivity contribution < 1.29 is 44.3 Å². The summed E-state index contributed by atoms with van der Waals surface area (Å²) in [6.07, 6.45) is -6.96. The highest BCUT2D eigenvalue weighted by Crippen LogP contribution is 2.08. The molecule has 0 radical (unpaired) electrons. The van der Waals surface area contributed by atoms with Crippen molar-refractivity contribution in [2.45, 2.75) is 31.3 Å². The molecular formula is C12H22O9Si. The zero-order valence-corrected chi connectivity index (χ0v) is 14.4. The molecular weight excluding hydrogens is 316 g/mol. The number of esters is 1. The molecule has 128 valence electrons. The molecule has 0 amide bonds. The highest BCUT2D eigenvalue weighted by Gasteiger charge is 2.33. The third-order valence-electron chi connectivity index (χ3n) is 2.75. The summed E-state index contributed by atoms with van der Waals surface area (Å²) in [6, 6.07) is 0. The largest absolute Gasteiger partial charge is 0.460 e. The Morgan fingerprint density at radius 3 is 2.23 bits per heavy atom. The molecule has 0 saturated heterocycles. The smallest absolute Gasteiger partial charge is 0.333 e. The van der Waals surface area contributed by atoms with E-state index >= 15 is 0 Å². The predicted octanol–water partition coefficient (Wildman–Crippen LogP) is -4.22. The topological polar surface area (TPSA) is 154 Å². The van der Waals surface area contributed by atoms with Crippen molar-refractivity contribution in [3.8, 4) is 0 Å². The molecule has 0 fully saturated rings. The molecule has 0 unspecified atom stereocenters. The molecule has 0 aliphatic rings. The van der Waals surface area contributed by atoms with Crippen LogP contribution < -0.4 is 0 Å². The monoisotopic (exact) mass is 338 g/mol. The van der Waals surface area contributed by atoms with E-state index in [4.69, 9.17) is 19.4 Å². The summed E-state index contributed by atoms with van der Waals surface area (Å²) in [5.74, 6) is -1.84. The number of aliphatic hydroxyl groups excluding tert-OH is 5. The van der Waals surface area contributed by atoms with Crippen LogP contribution in [0.4, 0.5) is 0 Å². The number of ether oxygens (including phenoxy) is 1. The molecule has 0 aromatic carbocycles. The predicted molar refractivity (Wildman–Crippen MR) is 76.7 cm³/mol. The molecule has 0 aromatic rings. The first-order valence-corrected chi connectivity index (χ1v) is 7.29. The van der Waals surface area contributed by atoms with Crippen LogP contribution in [0.15, 0.2) is 11.6 Å². The van der Waals surface area contributed by atoms with Gasteiger partial charge in [-0.1, -0.05) is 0 Å². The molecule has 10 heteroatoms. The fourth-order valence-electron chi connectivity index (χ4n) is 1.38. The van der Waals surface area contributed by atoms with Crippen molar-refractivity contribution in [1.82, 2.24) is 0 Å². The summed E-state index contributed by atoms with van der Waals surface area (Å²) < 4.78 is 9.57. The minimum Gasteiger partial charge on any atom is -0.460 e. The lowest BCUT2D eigenvalue weighted by Gasteiger charge is -2.24. The second kappa shape index (κ2) is 10.6. The average molecular weight is 338 g/mol. The number of carbonyl (C=O) groups excluding carboxylic acids is 2. The van der Waals surface area contributed by atoms with E-state index in [0.29, 0.717) is 10.5 Å². The number of carbonyl (C=O) groups is 2. The minimum atomic E-state index is -2.07. The van der Waals surface area contributed by atoms with E-state index in [1.807, 2.05) is 0 Å².